The summed E-state index contributed by atoms with van der Waals surface area (Å²) in [5.41, 5.74) is 0. The Labute approximate surface area is 138 Å². The third kappa shape index (κ3) is 3.84. The number of carbonyl (C=O) groups is 1. The van der Waals surface area contributed by atoms with Gasteiger partial charge in [0.05, 0.1) is 0 Å². The van der Waals surface area contributed by atoms with E-state index in [-0.39, 0.29) is 6.03 Å². The van der Waals surface area contributed by atoms with Gasteiger partial charge < -0.3 is 4.90 Å². The predicted molar refractivity (Wildman–Crippen MR) is 90.6 cm³/mol. The van der Waals surface area contributed by atoms with Gasteiger partial charge in [-0.15, -0.1) is 11.3 Å². The molecule has 1 aliphatic heterocycles. The van der Waals surface area contributed by atoms with Gasteiger partial charge in [-0.05, 0) is 50.5 Å². The predicted octanol–water partition coefficient (Wildman–Crippen LogP) is 3.93. The fourth-order valence-corrected chi connectivity index (χ4v) is 4.13. The third-order valence-electron chi connectivity index (χ3n) is 3.93. The fourth-order valence-electron chi connectivity index (χ4n) is 2.84. The minimum absolute atomic E-state index is 0.0352. The lowest BCUT2D eigenvalue weighted by Crippen LogP contribution is -2.46. The Balaban J connectivity index is 1.60. The van der Waals surface area contributed by atoms with Crippen LogP contribution in [0.5, 0.6) is 0 Å². The molecule has 22 heavy (non-hydrogen) atoms. The average molecular weight is 336 g/mol. The van der Waals surface area contributed by atoms with Gasteiger partial charge in [0.1, 0.15) is 5.82 Å². The highest BCUT2D eigenvalue weighted by atomic mass is 32.1. The number of piperidine rings is 1. The van der Waals surface area contributed by atoms with Crippen molar-refractivity contribution in [1.82, 2.24) is 14.3 Å². The van der Waals surface area contributed by atoms with Crippen LogP contribution < -0.4 is 5.32 Å². The van der Waals surface area contributed by atoms with E-state index in [9.17, 15) is 4.79 Å². The molecule has 1 aliphatic rings. The molecule has 1 saturated heterocycles. The van der Waals surface area contributed by atoms with Crippen molar-refractivity contribution in [3.8, 4) is 0 Å². The highest BCUT2D eigenvalue weighted by Gasteiger charge is 2.27. The number of aryl methyl sites for hydroxylation is 2. The summed E-state index contributed by atoms with van der Waals surface area (Å²) in [7, 11) is 0. The largest absolute Gasteiger partial charge is 0.323 e. The van der Waals surface area contributed by atoms with E-state index in [2.05, 4.69) is 32.2 Å². The Bertz CT molecular complexity index is 611. The summed E-state index contributed by atoms with van der Waals surface area (Å²) >= 11 is 3.03. The van der Waals surface area contributed by atoms with E-state index in [0.717, 1.165) is 32.2 Å². The van der Waals surface area contributed by atoms with Crippen LogP contribution in [0.1, 0.15) is 36.4 Å². The van der Waals surface area contributed by atoms with Crippen LogP contribution in [0.3, 0.4) is 0 Å². The van der Waals surface area contributed by atoms with Gasteiger partial charge >= 0.3 is 6.03 Å². The molecule has 0 aliphatic carbocycles. The second kappa shape index (κ2) is 7.19. The molecule has 1 N–H and O–H groups in total. The zero-order valence-corrected chi connectivity index (χ0v) is 14.3. The van der Waals surface area contributed by atoms with Crippen LogP contribution in [0, 0.1) is 6.92 Å². The second-order valence-corrected chi connectivity index (χ2v) is 7.32. The molecule has 0 spiro atoms. The molecule has 118 valence electrons. The van der Waals surface area contributed by atoms with Crippen LogP contribution in [-0.2, 0) is 6.42 Å². The number of anilines is 1. The lowest BCUT2D eigenvalue weighted by molar-refractivity contribution is 0.158. The normalized spacial score (nSPS) is 18.4. The lowest BCUT2D eigenvalue weighted by atomic mass is 9.98. The molecule has 3 rings (SSSR count). The zero-order chi connectivity index (χ0) is 15.4. The summed E-state index contributed by atoms with van der Waals surface area (Å²) in [6, 6.07) is 4.54. The van der Waals surface area contributed by atoms with Gasteiger partial charge in [-0.3, -0.25) is 5.32 Å². The number of aromatic nitrogens is 2. The zero-order valence-electron chi connectivity index (χ0n) is 12.6. The molecule has 0 bridgehead atoms. The van der Waals surface area contributed by atoms with Crippen LogP contribution in [0.15, 0.2) is 17.5 Å². The van der Waals surface area contributed by atoms with Crippen molar-refractivity contribution in [2.24, 2.45) is 0 Å². The number of carbonyl (C=O) groups excluding carboxylic acids is 1. The lowest BCUT2D eigenvalue weighted by Gasteiger charge is -2.35. The van der Waals surface area contributed by atoms with Crippen molar-refractivity contribution in [2.75, 3.05) is 11.9 Å². The first kappa shape index (κ1) is 15.4. The van der Waals surface area contributed by atoms with E-state index in [1.807, 2.05) is 11.8 Å². The Hall–Kier alpha value is -1.47. The molecule has 2 amide bonds. The minimum Gasteiger partial charge on any atom is -0.321 e. The molecular weight excluding hydrogens is 316 g/mol. The molecule has 0 radical (unpaired) electrons. The average Bonchev–Trinajstić information content (AvgIpc) is 3.17. The first-order valence-electron chi connectivity index (χ1n) is 7.62. The topological polar surface area (TPSA) is 58.1 Å². The van der Waals surface area contributed by atoms with Gasteiger partial charge in [0, 0.05) is 29.0 Å². The summed E-state index contributed by atoms with van der Waals surface area (Å²) in [6.45, 7) is 2.66. The van der Waals surface area contributed by atoms with E-state index in [1.54, 1.807) is 11.3 Å². The highest BCUT2D eigenvalue weighted by Crippen LogP contribution is 2.24. The Kier molecular flexibility index (Phi) is 5.04. The van der Waals surface area contributed by atoms with Gasteiger partial charge in [-0.1, -0.05) is 6.07 Å². The summed E-state index contributed by atoms with van der Waals surface area (Å²) < 4.78 is 4.10. The number of thiophene rings is 1. The molecule has 7 heteroatoms. The monoisotopic (exact) mass is 336 g/mol. The number of hydrogen-bond acceptors (Lipinski definition) is 5. The number of nitrogens with zero attached hydrogens (tertiary/aromatic N) is 3. The number of nitrogens with one attached hydrogen (secondary N) is 1. The van der Waals surface area contributed by atoms with E-state index in [1.165, 1.54) is 22.8 Å². The van der Waals surface area contributed by atoms with Crippen molar-refractivity contribution in [3.63, 3.8) is 0 Å². The van der Waals surface area contributed by atoms with Crippen molar-refractivity contribution in [3.05, 3.63) is 28.2 Å². The SMILES string of the molecule is Cc1nsc(NC(=O)N2CCCCC2CCc2cccs2)n1. The Morgan fingerprint density at radius 1 is 1.50 bits per heavy atom. The van der Waals surface area contributed by atoms with Gasteiger partial charge in [-0.25, -0.2) is 9.78 Å². The number of urea groups is 1. The van der Waals surface area contributed by atoms with Gasteiger partial charge in [0.25, 0.3) is 0 Å². The number of rotatable bonds is 4. The van der Waals surface area contributed by atoms with Crippen molar-refractivity contribution in [2.45, 2.75) is 45.1 Å². The number of amides is 2. The maximum absolute atomic E-state index is 12.5. The summed E-state index contributed by atoms with van der Waals surface area (Å²) in [5.74, 6) is 0.702. The van der Waals surface area contributed by atoms with E-state index in [0.29, 0.717) is 17.0 Å². The number of hydrogen-bond donors (Lipinski definition) is 1. The van der Waals surface area contributed by atoms with Gasteiger partial charge in [0.2, 0.25) is 5.13 Å². The molecule has 1 fully saturated rings. The fraction of sp³-hybridized carbons (Fsp3) is 0.533. The highest BCUT2D eigenvalue weighted by molar-refractivity contribution is 7.10. The Morgan fingerprint density at radius 3 is 3.14 bits per heavy atom. The molecule has 5 nitrogen and oxygen atoms in total. The molecule has 2 aromatic heterocycles. The second-order valence-electron chi connectivity index (χ2n) is 5.54. The molecule has 3 heterocycles. The minimum atomic E-state index is -0.0352. The van der Waals surface area contributed by atoms with Crippen LogP contribution >= 0.6 is 22.9 Å². The van der Waals surface area contributed by atoms with E-state index < -0.39 is 0 Å². The maximum Gasteiger partial charge on any atom is 0.323 e. The van der Waals surface area contributed by atoms with Crippen molar-refractivity contribution < 1.29 is 4.79 Å². The third-order valence-corrected chi connectivity index (χ3v) is 5.59. The van der Waals surface area contributed by atoms with Crippen LogP contribution in [0.2, 0.25) is 0 Å². The standard InChI is InChI=1S/C15H20N4OS2/c1-11-16-14(22-18-11)17-15(20)19-9-3-2-5-12(19)7-8-13-6-4-10-21-13/h4,6,10,12H,2-3,5,7-9H2,1H3,(H,16,17,18,20). The molecule has 1 atom stereocenters. The molecule has 2 aromatic rings. The molecule has 1 unspecified atom stereocenters. The van der Waals surface area contributed by atoms with Crippen LogP contribution in [0.4, 0.5) is 9.93 Å². The van der Waals surface area contributed by atoms with Crippen molar-refractivity contribution in [1.29, 1.82) is 0 Å². The van der Waals surface area contributed by atoms with Crippen LogP contribution in [0.25, 0.3) is 0 Å². The van der Waals surface area contributed by atoms with Gasteiger partial charge in [-0.2, -0.15) is 4.37 Å². The first-order valence-corrected chi connectivity index (χ1v) is 9.28. The quantitative estimate of drug-likeness (QED) is 0.920. The number of likely N-dealkylation sites (tertiary alicyclic amines) is 1. The maximum atomic E-state index is 12.5. The summed E-state index contributed by atoms with van der Waals surface area (Å²) in [4.78, 5) is 20.1. The van der Waals surface area contributed by atoms with Crippen molar-refractivity contribution >= 4 is 34.0 Å². The van der Waals surface area contributed by atoms with E-state index in [4.69, 9.17) is 0 Å². The summed E-state index contributed by atoms with van der Waals surface area (Å²) in [5, 5.41) is 5.59. The van der Waals surface area contributed by atoms with Gasteiger partial charge in [0.15, 0.2) is 0 Å². The molecular formula is C15H20N4OS2. The Morgan fingerprint density at radius 2 is 2.41 bits per heavy atom. The summed E-state index contributed by atoms with van der Waals surface area (Å²) in [6.07, 6.45) is 5.45. The smallest absolute Gasteiger partial charge is 0.321 e. The molecule has 0 aromatic carbocycles. The van der Waals surface area contributed by atoms with Crippen LogP contribution in [-0.4, -0.2) is 32.9 Å². The van der Waals surface area contributed by atoms with E-state index >= 15 is 0 Å². The molecule has 0 saturated carbocycles. The first-order chi connectivity index (χ1) is 10.7.